The highest BCUT2D eigenvalue weighted by Crippen LogP contribution is 2.25. The van der Waals surface area contributed by atoms with Gasteiger partial charge in [-0.05, 0) is 39.8 Å². The molecule has 4 nitrogen and oxygen atoms in total. The van der Waals surface area contributed by atoms with Crippen LogP contribution in [0.2, 0.25) is 0 Å². The lowest BCUT2D eigenvalue weighted by Crippen LogP contribution is -2.26. The quantitative estimate of drug-likeness (QED) is 0.805. The summed E-state index contributed by atoms with van der Waals surface area (Å²) in [6.07, 6.45) is 3.52. The molecule has 0 bridgehead atoms. The molecule has 0 fully saturated rings. The molecule has 0 aliphatic heterocycles. The maximum atomic E-state index is 12.0. The van der Waals surface area contributed by atoms with Crippen molar-refractivity contribution in [2.45, 2.75) is 39.8 Å². The predicted octanol–water partition coefficient (Wildman–Crippen LogP) is 3.33. The molecule has 0 N–H and O–H groups in total. The van der Waals surface area contributed by atoms with Gasteiger partial charge < -0.3 is 9.30 Å². The predicted molar refractivity (Wildman–Crippen MR) is 80.4 cm³/mol. The van der Waals surface area contributed by atoms with Gasteiger partial charge in [0.2, 0.25) is 0 Å². The van der Waals surface area contributed by atoms with E-state index in [9.17, 15) is 4.79 Å². The fourth-order valence-corrected chi connectivity index (χ4v) is 2.28. The van der Waals surface area contributed by atoms with Crippen molar-refractivity contribution >= 4 is 23.1 Å². The molecule has 2 heterocycles. The maximum Gasteiger partial charge on any atom is 0.326 e. The maximum absolute atomic E-state index is 12.0. The van der Waals surface area contributed by atoms with Crippen LogP contribution in [0, 0.1) is 6.92 Å². The van der Waals surface area contributed by atoms with Crippen LogP contribution in [-0.2, 0) is 16.1 Å². The Morgan fingerprint density at radius 1 is 1.50 bits per heavy atom. The number of hydrogen-bond donors (Lipinski definition) is 0. The van der Waals surface area contributed by atoms with E-state index in [1.165, 1.54) is 0 Å². The molecule has 2 aromatic rings. The molecule has 106 valence electrons. The second-order valence-corrected chi connectivity index (χ2v) is 5.75. The van der Waals surface area contributed by atoms with Gasteiger partial charge in [-0.25, -0.2) is 4.98 Å². The molecule has 0 aliphatic carbocycles. The average molecular weight is 272 g/mol. The normalized spacial score (nSPS) is 11.6. The molecule has 20 heavy (non-hydrogen) atoms. The second kappa shape index (κ2) is 5.12. The monoisotopic (exact) mass is 272 g/mol. The smallest absolute Gasteiger partial charge is 0.326 e. The van der Waals surface area contributed by atoms with Crippen LogP contribution in [0.1, 0.15) is 32.0 Å². The number of aromatic nitrogens is 2. The van der Waals surface area contributed by atoms with Crippen LogP contribution in [0.4, 0.5) is 0 Å². The van der Waals surface area contributed by atoms with Crippen molar-refractivity contribution in [3.05, 3.63) is 36.2 Å². The summed E-state index contributed by atoms with van der Waals surface area (Å²) >= 11 is 0. The zero-order valence-corrected chi connectivity index (χ0v) is 12.4. The minimum atomic E-state index is -0.483. The van der Waals surface area contributed by atoms with Crippen LogP contribution in [0.3, 0.4) is 0 Å². The molecule has 0 aliphatic rings. The van der Waals surface area contributed by atoms with E-state index >= 15 is 0 Å². The molecule has 0 atom stereocenters. The van der Waals surface area contributed by atoms with Crippen LogP contribution >= 0.6 is 0 Å². The van der Waals surface area contributed by atoms with Crippen molar-refractivity contribution in [1.82, 2.24) is 9.55 Å². The summed E-state index contributed by atoms with van der Waals surface area (Å²) in [6.45, 7) is 11.5. The second-order valence-electron chi connectivity index (χ2n) is 5.75. The van der Waals surface area contributed by atoms with Crippen molar-refractivity contribution in [1.29, 1.82) is 0 Å². The summed E-state index contributed by atoms with van der Waals surface area (Å²) in [4.78, 5) is 16.4. The fourth-order valence-electron chi connectivity index (χ4n) is 2.28. The number of carbonyl (C=O) groups excluding carboxylic acids is 1. The lowest BCUT2D eigenvalue weighted by atomic mass is 10.2. The van der Waals surface area contributed by atoms with Crippen molar-refractivity contribution in [3.63, 3.8) is 0 Å². The van der Waals surface area contributed by atoms with Crippen LogP contribution in [0.5, 0.6) is 0 Å². The molecule has 2 aromatic heterocycles. The molecule has 0 amide bonds. The number of esters is 1. The van der Waals surface area contributed by atoms with Gasteiger partial charge in [0, 0.05) is 22.8 Å². The van der Waals surface area contributed by atoms with Crippen LogP contribution in [0.15, 0.2) is 24.9 Å². The summed E-state index contributed by atoms with van der Waals surface area (Å²) in [5.41, 5.74) is 2.28. The lowest BCUT2D eigenvalue weighted by molar-refractivity contribution is -0.155. The van der Waals surface area contributed by atoms with Gasteiger partial charge in [0.05, 0.1) is 0 Å². The van der Waals surface area contributed by atoms with Crippen molar-refractivity contribution in [3.8, 4) is 0 Å². The van der Waals surface area contributed by atoms with E-state index in [0.717, 1.165) is 22.3 Å². The van der Waals surface area contributed by atoms with Crippen molar-refractivity contribution in [2.24, 2.45) is 0 Å². The van der Waals surface area contributed by atoms with Gasteiger partial charge in [-0.3, -0.25) is 4.79 Å². The highest BCUT2D eigenvalue weighted by atomic mass is 16.6. The molecule has 0 saturated carbocycles. The van der Waals surface area contributed by atoms with Gasteiger partial charge in [-0.1, -0.05) is 12.7 Å². The number of ether oxygens (including phenoxy) is 1. The minimum Gasteiger partial charge on any atom is -0.459 e. The first-order valence-corrected chi connectivity index (χ1v) is 6.61. The van der Waals surface area contributed by atoms with E-state index in [1.807, 2.05) is 44.4 Å². The third-order valence-corrected chi connectivity index (χ3v) is 3.04. The largest absolute Gasteiger partial charge is 0.459 e. The van der Waals surface area contributed by atoms with Crippen LogP contribution in [-0.4, -0.2) is 21.1 Å². The molecule has 0 spiro atoms. The molecular weight excluding hydrogens is 252 g/mol. The van der Waals surface area contributed by atoms with Crippen LogP contribution < -0.4 is 0 Å². The van der Waals surface area contributed by atoms with E-state index < -0.39 is 5.60 Å². The van der Waals surface area contributed by atoms with E-state index in [0.29, 0.717) is 0 Å². The SMILES string of the molecule is C=Cc1c(C)n(CC(=O)OC(C)(C)C)c2ncccc12. The summed E-state index contributed by atoms with van der Waals surface area (Å²) < 4.78 is 7.25. The van der Waals surface area contributed by atoms with E-state index in [2.05, 4.69) is 11.6 Å². The Bertz CT molecular complexity index is 663. The Labute approximate surface area is 119 Å². The van der Waals surface area contributed by atoms with E-state index in [4.69, 9.17) is 4.74 Å². The van der Waals surface area contributed by atoms with Crippen molar-refractivity contribution in [2.75, 3.05) is 0 Å². The molecule has 0 aromatic carbocycles. The van der Waals surface area contributed by atoms with Gasteiger partial charge in [0.15, 0.2) is 0 Å². The zero-order valence-electron chi connectivity index (χ0n) is 12.4. The van der Waals surface area contributed by atoms with Gasteiger partial charge in [0.1, 0.15) is 17.8 Å². The Morgan fingerprint density at radius 2 is 2.20 bits per heavy atom. The van der Waals surface area contributed by atoms with Gasteiger partial charge in [-0.2, -0.15) is 0 Å². The molecule has 0 saturated heterocycles. The number of pyridine rings is 1. The highest BCUT2D eigenvalue weighted by molar-refractivity contribution is 5.89. The summed E-state index contributed by atoms with van der Waals surface area (Å²) in [5, 5.41) is 1.00. The Morgan fingerprint density at radius 3 is 2.80 bits per heavy atom. The number of carbonyl (C=O) groups is 1. The lowest BCUT2D eigenvalue weighted by Gasteiger charge is -2.20. The first-order valence-electron chi connectivity index (χ1n) is 6.61. The van der Waals surface area contributed by atoms with E-state index in [1.54, 1.807) is 12.3 Å². The molecular formula is C16H20N2O2. The highest BCUT2D eigenvalue weighted by Gasteiger charge is 2.19. The molecule has 0 unspecified atom stereocenters. The summed E-state index contributed by atoms with van der Waals surface area (Å²) in [6, 6.07) is 3.87. The minimum absolute atomic E-state index is 0.157. The Hall–Kier alpha value is -2.10. The molecule has 2 rings (SSSR count). The topological polar surface area (TPSA) is 44.1 Å². The van der Waals surface area contributed by atoms with Gasteiger partial charge >= 0.3 is 5.97 Å². The zero-order chi connectivity index (χ0) is 14.9. The number of nitrogens with zero attached hydrogens (tertiary/aromatic N) is 2. The Kier molecular flexibility index (Phi) is 3.66. The van der Waals surface area contributed by atoms with Crippen molar-refractivity contribution < 1.29 is 9.53 Å². The van der Waals surface area contributed by atoms with Gasteiger partial charge in [-0.15, -0.1) is 0 Å². The summed E-state index contributed by atoms with van der Waals surface area (Å²) in [5.74, 6) is -0.265. The van der Waals surface area contributed by atoms with Gasteiger partial charge in [0.25, 0.3) is 0 Å². The molecule has 4 heteroatoms. The van der Waals surface area contributed by atoms with Crippen LogP contribution in [0.25, 0.3) is 17.1 Å². The summed E-state index contributed by atoms with van der Waals surface area (Å²) in [7, 11) is 0. The standard InChI is InChI=1S/C16H20N2O2/c1-6-12-11(2)18(10-14(19)20-16(3,4)5)15-13(12)8-7-9-17-15/h6-9H,1,10H2,2-5H3. The number of hydrogen-bond acceptors (Lipinski definition) is 3. The Balaban J connectivity index is 2.42. The first kappa shape index (κ1) is 14.3. The average Bonchev–Trinajstić information content (AvgIpc) is 2.60. The molecule has 0 radical (unpaired) electrons. The fraction of sp³-hybridized carbons (Fsp3) is 0.375. The first-order chi connectivity index (χ1) is 9.33. The number of fused-ring (bicyclic) bond motifs is 1. The number of rotatable bonds is 3. The third kappa shape index (κ3) is 2.74. The third-order valence-electron chi connectivity index (χ3n) is 3.04. The van der Waals surface area contributed by atoms with E-state index in [-0.39, 0.29) is 12.5 Å².